The van der Waals surface area contributed by atoms with E-state index in [1.807, 2.05) is 43.4 Å². The Hall–Kier alpha value is -3.23. The molecule has 158 valence electrons. The standard InChI is InChI=1S/C22H27N5O3/c1-14(20-25-17-6-4-5-7-18(17)26-20)27(3)13-15-8-10-16(11-9-15)21(28)24-12-19(23-2)22(29)30/h4-11,14,19,23H,12-13H2,1-3H3,(H,24,28)(H,25,26)(H,29,30). The summed E-state index contributed by atoms with van der Waals surface area (Å²) < 4.78 is 0. The normalized spacial score (nSPS) is 13.3. The Morgan fingerprint density at radius 1 is 1.17 bits per heavy atom. The maximum absolute atomic E-state index is 12.2. The summed E-state index contributed by atoms with van der Waals surface area (Å²) in [5.41, 5.74) is 3.53. The molecule has 4 N–H and O–H groups in total. The second-order valence-corrected chi connectivity index (χ2v) is 7.32. The number of carbonyl (C=O) groups is 2. The average molecular weight is 409 g/mol. The smallest absolute Gasteiger partial charge is 0.322 e. The molecule has 1 aromatic heterocycles. The van der Waals surface area contributed by atoms with Crippen LogP contribution in [0.2, 0.25) is 0 Å². The zero-order valence-electron chi connectivity index (χ0n) is 17.3. The molecule has 2 unspecified atom stereocenters. The number of nitrogens with one attached hydrogen (secondary N) is 3. The van der Waals surface area contributed by atoms with E-state index in [0.29, 0.717) is 12.1 Å². The molecule has 2 aromatic carbocycles. The summed E-state index contributed by atoms with van der Waals surface area (Å²) in [5, 5.41) is 14.3. The van der Waals surface area contributed by atoms with Gasteiger partial charge >= 0.3 is 5.97 Å². The Labute approximate surface area is 175 Å². The number of aliphatic carboxylic acids is 1. The number of fused-ring (bicyclic) bond motifs is 1. The third-order valence-corrected chi connectivity index (χ3v) is 5.23. The van der Waals surface area contributed by atoms with Crippen LogP contribution in [0.4, 0.5) is 0 Å². The molecule has 0 aliphatic carbocycles. The lowest BCUT2D eigenvalue weighted by atomic mass is 10.1. The number of aromatic nitrogens is 2. The Bertz CT molecular complexity index is 982. The predicted octanol–water partition coefficient (Wildman–Crippen LogP) is 2.16. The van der Waals surface area contributed by atoms with Gasteiger partial charge in [0.1, 0.15) is 11.9 Å². The highest BCUT2D eigenvalue weighted by molar-refractivity contribution is 5.94. The molecule has 0 aliphatic heterocycles. The number of hydrogen-bond acceptors (Lipinski definition) is 5. The minimum Gasteiger partial charge on any atom is -0.480 e. The number of hydrogen-bond donors (Lipinski definition) is 4. The third-order valence-electron chi connectivity index (χ3n) is 5.23. The summed E-state index contributed by atoms with van der Waals surface area (Å²) in [6, 6.07) is 14.5. The number of likely N-dealkylation sites (N-methyl/N-ethyl adjacent to an activating group) is 1. The second-order valence-electron chi connectivity index (χ2n) is 7.32. The fourth-order valence-corrected chi connectivity index (χ4v) is 3.18. The first-order chi connectivity index (χ1) is 14.4. The number of nitrogens with zero attached hydrogens (tertiary/aromatic N) is 2. The number of rotatable bonds is 9. The van der Waals surface area contributed by atoms with E-state index >= 15 is 0 Å². The van der Waals surface area contributed by atoms with E-state index in [9.17, 15) is 9.59 Å². The number of H-pyrrole nitrogens is 1. The van der Waals surface area contributed by atoms with Gasteiger partial charge < -0.3 is 20.7 Å². The molecular formula is C22H27N5O3. The van der Waals surface area contributed by atoms with E-state index in [4.69, 9.17) is 5.11 Å². The second kappa shape index (κ2) is 9.51. The predicted molar refractivity (Wildman–Crippen MR) is 115 cm³/mol. The number of amides is 1. The molecule has 0 fully saturated rings. The van der Waals surface area contributed by atoms with Crippen LogP contribution in [0, 0.1) is 0 Å². The highest BCUT2D eigenvalue weighted by Gasteiger charge is 2.18. The van der Waals surface area contributed by atoms with Crippen LogP contribution in [0.1, 0.15) is 34.7 Å². The van der Waals surface area contributed by atoms with Crippen LogP contribution in [0.5, 0.6) is 0 Å². The molecular weight excluding hydrogens is 382 g/mol. The third kappa shape index (κ3) is 5.03. The minimum absolute atomic E-state index is 0.0180. The van der Waals surface area contributed by atoms with Crippen LogP contribution in [0.3, 0.4) is 0 Å². The highest BCUT2D eigenvalue weighted by atomic mass is 16.4. The molecule has 0 radical (unpaired) electrons. The van der Waals surface area contributed by atoms with Crippen molar-refractivity contribution in [1.82, 2.24) is 25.5 Å². The summed E-state index contributed by atoms with van der Waals surface area (Å²) >= 11 is 0. The summed E-state index contributed by atoms with van der Waals surface area (Å²) in [4.78, 5) is 33.5. The molecule has 3 rings (SSSR count). The molecule has 1 amide bonds. The molecule has 8 nitrogen and oxygen atoms in total. The van der Waals surface area contributed by atoms with Gasteiger partial charge in [0.15, 0.2) is 0 Å². The molecule has 1 heterocycles. The van der Waals surface area contributed by atoms with Crippen LogP contribution < -0.4 is 10.6 Å². The van der Waals surface area contributed by atoms with Crippen molar-refractivity contribution >= 4 is 22.9 Å². The van der Waals surface area contributed by atoms with E-state index < -0.39 is 12.0 Å². The van der Waals surface area contributed by atoms with Crippen LogP contribution in [0.15, 0.2) is 48.5 Å². The molecule has 30 heavy (non-hydrogen) atoms. The van der Waals surface area contributed by atoms with Crippen molar-refractivity contribution in [1.29, 1.82) is 0 Å². The van der Waals surface area contributed by atoms with Gasteiger partial charge in [-0.05, 0) is 50.8 Å². The SMILES string of the molecule is CNC(CNC(=O)c1ccc(CN(C)C(C)c2nc3ccccc3[nH]2)cc1)C(=O)O. The van der Waals surface area contributed by atoms with Crippen molar-refractivity contribution in [3.8, 4) is 0 Å². The molecule has 3 aromatic rings. The first-order valence-corrected chi connectivity index (χ1v) is 9.81. The van der Waals surface area contributed by atoms with Crippen molar-refractivity contribution in [2.45, 2.75) is 25.6 Å². The van der Waals surface area contributed by atoms with Gasteiger partial charge in [0.05, 0.1) is 17.1 Å². The van der Waals surface area contributed by atoms with Crippen molar-refractivity contribution in [3.63, 3.8) is 0 Å². The van der Waals surface area contributed by atoms with Crippen molar-refractivity contribution < 1.29 is 14.7 Å². The van der Waals surface area contributed by atoms with E-state index in [1.54, 1.807) is 19.2 Å². The van der Waals surface area contributed by atoms with Crippen LogP contribution >= 0.6 is 0 Å². The summed E-state index contributed by atoms with van der Waals surface area (Å²) in [6.45, 7) is 2.81. The topological polar surface area (TPSA) is 110 Å². The van der Waals surface area contributed by atoms with Gasteiger partial charge in [-0.15, -0.1) is 0 Å². The van der Waals surface area contributed by atoms with Crippen molar-refractivity contribution in [3.05, 3.63) is 65.5 Å². The number of aromatic amines is 1. The largest absolute Gasteiger partial charge is 0.480 e. The minimum atomic E-state index is -1.00. The van der Waals surface area contributed by atoms with E-state index in [-0.39, 0.29) is 18.5 Å². The highest BCUT2D eigenvalue weighted by Crippen LogP contribution is 2.21. The lowest BCUT2D eigenvalue weighted by molar-refractivity contribution is -0.139. The summed E-state index contributed by atoms with van der Waals surface area (Å²) in [7, 11) is 3.57. The lowest BCUT2D eigenvalue weighted by Gasteiger charge is -2.23. The van der Waals surface area contributed by atoms with Gasteiger partial charge in [-0.3, -0.25) is 14.5 Å². The monoisotopic (exact) mass is 409 g/mol. The molecule has 0 spiro atoms. The first kappa shape index (κ1) is 21.5. The zero-order valence-corrected chi connectivity index (χ0v) is 17.3. The van der Waals surface area contributed by atoms with Gasteiger partial charge in [0.2, 0.25) is 0 Å². The number of carbonyl (C=O) groups excluding carboxylic acids is 1. The zero-order chi connectivity index (χ0) is 21.7. The number of carboxylic acid groups (broad SMARTS) is 1. The number of carboxylic acids is 1. The maximum Gasteiger partial charge on any atom is 0.322 e. The van der Waals surface area contributed by atoms with E-state index in [1.165, 1.54) is 0 Å². The molecule has 8 heteroatoms. The van der Waals surface area contributed by atoms with Crippen molar-refractivity contribution in [2.75, 3.05) is 20.6 Å². The van der Waals surface area contributed by atoms with Gasteiger partial charge in [-0.1, -0.05) is 24.3 Å². The molecule has 0 saturated heterocycles. The fraction of sp³-hybridized carbons (Fsp3) is 0.318. The molecule has 2 atom stereocenters. The Balaban J connectivity index is 1.59. The Morgan fingerprint density at radius 3 is 2.50 bits per heavy atom. The quantitative estimate of drug-likeness (QED) is 0.431. The van der Waals surface area contributed by atoms with Crippen LogP contribution in [-0.2, 0) is 11.3 Å². The number of para-hydroxylation sites is 2. The van der Waals surface area contributed by atoms with Crippen LogP contribution in [-0.4, -0.2) is 58.5 Å². The first-order valence-electron chi connectivity index (χ1n) is 9.81. The van der Waals surface area contributed by atoms with E-state index in [0.717, 1.165) is 22.4 Å². The summed E-state index contributed by atoms with van der Waals surface area (Å²) in [6.07, 6.45) is 0. The van der Waals surface area contributed by atoms with Crippen molar-refractivity contribution in [2.24, 2.45) is 0 Å². The molecule has 0 saturated carbocycles. The van der Waals surface area contributed by atoms with Gasteiger partial charge in [-0.25, -0.2) is 4.98 Å². The number of imidazole rings is 1. The fourth-order valence-electron chi connectivity index (χ4n) is 3.18. The molecule has 0 bridgehead atoms. The average Bonchev–Trinajstić information content (AvgIpc) is 3.18. The Kier molecular flexibility index (Phi) is 6.81. The van der Waals surface area contributed by atoms with Gasteiger partial charge in [0, 0.05) is 18.7 Å². The number of benzene rings is 2. The maximum atomic E-state index is 12.2. The van der Waals surface area contributed by atoms with Crippen LogP contribution in [0.25, 0.3) is 11.0 Å². The Morgan fingerprint density at radius 2 is 1.87 bits per heavy atom. The summed E-state index contributed by atoms with van der Waals surface area (Å²) in [5.74, 6) is -0.394. The van der Waals surface area contributed by atoms with Gasteiger partial charge in [0.25, 0.3) is 5.91 Å². The van der Waals surface area contributed by atoms with E-state index in [2.05, 4.69) is 32.4 Å². The van der Waals surface area contributed by atoms with Gasteiger partial charge in [-0.2, -0.15) is 0 Å². The molecule has 0 aliphatic rings. The lowest BCUT2D eigenvalue weighted by Crippen LogP contribution is -2.44.